The molecule has 1 N–H and O–H groups in total. The van der Waals surface area contributed by atoms with Gasteiger partial charge >= 0.3 is 0 Å². The molecule has 1 aromatic rings. The number of nitrogens with zero attached hydrogens (tertiary/aromatic N) is 2. The summed E-state index contributed by atoms with van der Waals surface area (Å²) in [5.74, 6) is 1.36. The van der Waals surface area contributed by atoms with Crippen molar-refractivity contribution in [2.75, 3.05) is 52.7 Å². The van der Waals surface area contributed by atoms with E-state index in [9.17, 15) is 13.5 Å². The summed E-state index contributed by atoms with van der Waals surface area (Å²) in [6.45, 7) is 4.87. The molecule has 1 aliphatic heterocycles. The van der Waals surface area contributed by atoms with Crippen molar-refractivity contribution < 1.29 is 23.0 Å². The van der Waals surface area contributed by atoms with Gasteiger partial charge in [0.1, 0.15) is 24.2 Å². The molecule has 0 bridgehead atoms. The lowest BCUT2D eigenvalue weighted by atomic mass is 10.1. The summed E-state index contributed by atoms with van der Waals surface area (Å²) >= 11 is 0. The Hall–Kier alpha value is -1.61. The zero-order chi connectivity index (χ0) is 20.6. The number of methoxy groups -OCH3 is 1. The standard InChI is InChI=1S/C20H32N2O5S/c1-4-5-6-7-17-12-19(26-2)14-20(13-17)27-16-18(23)15-21-8-10-22(11-9-21)28(3,24)25/h6-7,12-14,18,23H,4-5,8-11,15-16H2,1-3H3/b7-6+. The van der Waals surface area contributed by atoms with Gasteiger partial charge in [-0.05, 0) is 24.1 Å². The third-order valence-electron chi connectivity index (χ3n) is 4.62. The van der Waals surface area contributed by atoms with Crippen LogP contribution in [0.5, 0.6) is 11.5 Å². The number of allylic oxidation sites excluding steroid dienone is 1. The van der Waals surface area contributed by atoms with Crippen molar-refractivity contribution >= 4 is 16.1 Å². The van der Waals surface area contributed by atoms with Crippen molar-refractivity contribution in [3.8, 4) is 11.5 Å². The van der Waals surface area contributed by atoms with Gasteiger partial charge in [-0.2, -0.15) is 4.31 Å². The molecule has 0 aliphatic carbocycles. The molecule has 0 radical (unpaired) electrons. The Kier molecular flexibility index (Phi) is 8.75. The van der Waals surface area contributed by atoms with Gasteiger partial charge in [0.05, 0.1) is 13.4 Å². The van der Waals surface area contributed by atoms with Crippen LogP contribution in [0.2, 0.25) is 0 Å². The van der Waals surface area contributed by atoms with Gasteiger partial charge in [-0.25, -0.2) is 8.42 Å². The van der Waals surface area contributed by atoms with Gasteiger partial charge in [-0.15, -0.1) is 0 Å². The molecule has 8 heteroatoms. The molecule has 158 valence electrons. The van der Waals surface area contributed by atoms with Crippen LogP contribution in [0.1, 0.15) is 25.3 Å². The zero-order valence-electron chi connectivity index (χ0n) is 17.0. The number of hydrogen-bond donors (Lipinski definition) is 1. The van der Waals surface area contributed by atoms with E-state index >= 15 is 0 Å². The number of ether oxygens (including phenoxy) is 2. The molecule has 7 nitrogen and oxygen atoms in total. The predicted molar refractivity (Wildman–Crippen MR) is 111 cm³/mol. The van der Waals surface area contributed by atoms with Crippen LogP contribution in [0, 0.1) is 0 Å². The van der Waals surface area contributed by atoms with Crippen molar-refractivity contribution in [2.45, 2.75) is 25.9 Å². The molecule has 0 spiro atoms. The van der Waals surface area contributed by atoms with Crippen LogP contribution in [0.3, 0.4) is 0 Å². The van der Waals surface area contributed by atoms with E-state index in [4.69, 9.17) is 9.47 Å². The largest absolute Gasteiger partial charge is 0.497 e. The molecule has 0 aromatic heterocycles. The van der Waals surface area contributed by atoms with Crippen LogP contribution >= 0.6 is 0 Å². The highest BCUT2D eigenvalue weighted by Crippen LogP contribution is 2.24. The van der Waals surface area contributed by atoms with E-state index in [2.05, 4.69) is 17.9 Å². The van der Waals surface area contributed by atoms with Gasteiger partial charge in [0, 0.05) is 38.8 Å². The maximum atomic E-state index is 11.6. The number of rotatable bonds is 10. The Morgan fingerprint density at radius 1 is 1.18 bits per heavy atom. The molecule has 1 saturated heterocycles. The number of aliphatic hydroxyl groups is 1. The minimum absolute atomic E-state index is 0.164. The van der Waals surface area contributed by atoms with Crippen LogP contribution in [-0.4, -0.2) is 81.5 Å². The Morgan fingerprint density at radius 3 is 2.46 bits per heavy atom. The number of β-amino-alcohol motifs (C(OH)–C–C–N with tert-alkyl or cyclic N) is 1. The lowest BCUT2D eigenvalue weighted by Crippen LogP contribution is -2.50. The first-order chi connectivity index (χ1) is 13.3. The zero-order valence-corrected chi connectivity index (χ0v) is 17.8. The van der Waals surface area contributed by atoms with E-state index in [0.717, 1.165) is 18.4 Å². The van der Waals surface area contributed by atoms with E-state index in [1.165, 1.54) is 10.6 Å². The van der Waals surface area contributed by atoms with E-state index in [-0.39, 0.29) is 6.61 Å². The summed E-state index contributed by atoms with van der Waals surface area (Å²) in [6.07, 6.45) is 6.83. The third kappa shape index (κ3) is 7.43. The molecule has 0 amide bonds. The van der Waals surface area contributed by atoms with Crippen molar-refractivity contribution in [3.05, 3.63) is 29.8 Å². The number of hydrogen-bond acceptors (Lipinski definition) is 6. The molecular formula is C20H32N2O5S. The Labute approximate surface area is 168 Å². The Balaban J connectivity index is 1.85. The molecule has 1 aromatic carbocycles. The fourth-order valence-corrected chi connectivity index (χ4v) is 3.89. The second kappa shape index (κ2) is 10.8. The van der Waals surface area contributed by atoms with Gasteiger partial charge in [-0.1, -0.05) is 25.5 Å². The number of sulfonamides is 1. The summed E-state index contributed by atoms with van der Waals surface area (Å²) < 4.78 is 35.7. The van der Waals surface area contributed by atoms with Crippen molar-refractivity contribution in [1.82, 2.24) is 9.21 Å². The number of piperazine rings is 1. The second-order valence-electron chi connectivity index (χ2n) is 7.06. The minimum Gasteiger partial charge on any atom is -0.497 e. The lowest BCUT2D eigenvalue weighted by molar-refractivity contribution is 0.0569. The first-order valence-corrected chi connectivity index (χ1v) is 11.5. The van der Waals surface area contributed by atoms with Gasteiger partial charge in [0.15, 0.2) is 0 Å². The van der Waals surface area contributed by atoms with E-state index < -0.39 is 16.1 Å². The van der Waals surface area contributed by atoms with Gasteiger partial charge in [0.2, 0.25) is 10.0 Å². The number of benzene rings is 1. The molecular weight excluding hydrogens is 380 g/mol. The third-order valence-corrected chi connectivity index (χ3v) is 5.92. The summed E-state index contributed by atoms with van der Waals surface area (Å²) in [7, 11) is -1.53. The normalized spacial score (nSPS) is 17.7. The summed E-state index contributed by atoms with van der Waals surface area (Å²) in [5.41, 5.74) is 0.995. The summed E-state index contributed by atoms with van der Waals surface area (Å²) in [4.78, 5) is 2.06. The fraction of sp³-hybridized carbons (Fsp3) is 0.600. The van der Waals surface area contributed by atoms with Gasteiger partial charge in [0.25, 0.3) is 0 Å². The second-order valence-corrected chi connectivity index (χ2v) is 9.04. The average Bonchev–Trinajstić information content (AvgIpc) is 2.66. The highest BCUT2D eigenvalue weighted by atomic mass is 32.2. The summed E-state index contributed by atoms with van der Waals surface area (Å²) in [5, 5.41) is 10.3. The molecule has 0 saturated carbocycles. The summed E-state index contributed by atoms with van der Waals surface area (Å²) in [6, 6.07) is 5.66. The Bertz CT molecular complexity index is 743. The fourth-order valence-electron chi connectivity index (χ4n) is 3.06. The molecule has 28 heavy (non-hydrogen) atoms. The molecule has 1 unspecified atom stereocenters. The van der Waals surface area contributed by atoms with Crippen LogP contribution in [0.4, 0.5) is 0 Å². The molecule has 1 atom stereocenters. The van der Waals surface area contributed by atoms with Gasteiger partial charge < -0.3 is 14.6 Å². The van der Waals surface area contributed by atoms with Crippen LogP contribution in [-0.2, 0) is 10.0 Å². The van der Waals surface area contributed by atoms with Crippen molar-refractivity contribution in [3.63, 3.8) is 0 Å². The topological polar surface area (TPSA) is 79.3 Å². The quantitative estimate of drug-likeness (QED) is 0.632. The smallest absolute Gasteiger partial charge is 0.211 e. The SMILES string of the molecule is CCC/C=C/c1cc(OC)cc(OCC(O)CN2CCN(S(C)(=O)=O)CC2)c1. The molecule has 1 aliphatic rings. The van der Waals surface area contributed by atoms with Crippen molar-refractivity contribution in [1.29, 1.82) is 0 Å². The number of aliphatic hydroxyl groups excluding tert-OH is 1. The average molecular weight is 413 g/mol. The van der Waals surface area contributed by atoms with E-state index in [1.807, 2.05) is 18.2 Å². The lowest BCUT2D eigenvalue weighted by Gasteiger charge is -2.34. The monoisotopic (exact) mass is 412 g/mol. The number of unbranched alkanes of at least 4 members (excludes halogenated alkanes) is 1. The maximum Gasteiger partial charge on any atom is 0.211 e. The van der Waals surface area contributed by atoms with Crippen LogP contribution < -0.4 is 9.47 Å². The van der Waals surface area contributed by atoms with Gasteiger partial charge in [-0.3, -0.25) is 4.90 Å². The molecule has 1 fully saturated rings. The molecule has 1 heterocycles. The molecule has 2 rings (SSSR count). The minimum atomic E-state index is -3.14. The Morgan fingerprint density at radius 2 is 1.86 bits per heavy atom. The first kappa shape index (κ1) is 22.7. The highest BCUT2D eigenvalue weighted by molar-refractivity contribution is 7.88. The maximum absolute atomic E-state index is 11.6. The predicted octanol–water partition coefficient (Wildman–Crippen LogP) is 1.83. The van der Waals surface area contributed by atoms with E-state index in [0.29, 0.717) is 44.2 Å². The van der Waals surface area contributed by atoms with Crippen LogP contribution in [0.25, 0.3) is 6.08 Å². The highest BCUT2D eigenvalue weighted by Gasteiger charge is 2.24. The van der Waals surface area contributed by atoms with E-state index in [1.54, 1.807) is 13.2 Å². The van der Waals surface area contributed by atoms with Crippen molar-refractivity contribution in [2.24, 2.45) is 0 Å². The first-order valence-electron chi connectivity index (χ1n) is 9.65. The van der Waals surface area contributed by atoms with Crippen LogP contribution in [0.15, 0.2) is 24.3 Å².